The van der Waals surface area contributed by atoms with Gasteiger partial charge >= 0.3 is 0 Å². The number of thiocarbonyl (C=S) groups is 1. The lowest BCUT2D eigenvalue weighted by Gasteiger charge is -2.06. The molecule has 0 aromatic heterocycles. The molecule has 0 aliphatic carbocycles. The first kappa shape index (κ1) is 16.3. The number of carbonyl (C=O) groups excluding carboxylic acids is 1. The summed E-state index contributed by atoms with van der Waals surface area (Å²) in [7, 11) is 0. The van der Waals surface area contributed by atoms with Crippen molar-refractivity contribution in [3.05, 3.63) is 45.0 Å². The third kappa shape index (κ3) is 3.97. The van der Waals surface area contributed by atoms with E-state index in [1.54, 1.807) is 18.2 Å². The molecule has 1 aromatic carbocycles. The van der Waals surface area contributed by atoms with Gasteiger partial charge in [0, 0.05) is 10.6 Å². The number of carbonyl (C=O) groups is 1. The van der Waals surface area contributed by atoms with Crippen LogP contribution < -0.4 is 0 Å². The lowest BCUT2D eigenvalue weighted by Crippen LogP contribution is -2.22. The number of ether oxygens (including phenoxy) is 1. The van der Waals surface area contributed by atoms with Gasteiger partial charge in [-0.05, 0) is 43.0 Å². The number of hydrogen-bond donors (Lipinski definition) is 0. The Morgan fingerprint density at radius 2 is 2.24 bits per heavy atom. The average molecular weight is 361 g/mol. The third-order valence-corrected chi connectivity index (χ3v) is 4.23. The van der Waals surface area contributed by atoms with Crippen LogP contribution in [0, 0.1) is 0 Å². The van der Waals surface area contributed by atoms with Gasteiger partial charge in [-0.25, -0.2) is 0 Å². The molecule has 0 unspecified atom stereocenters. The molecule has 0 N–H and O–H groups in total. The van der Waals surface area contributed by atoms with E-state index >= 15 is 0 Å². The van der Waals surface area contributed by atoms with E-state index in [1.165, 1.54) is 12.5 Å². The van der Waals surface area contributed by atoms with Crippen molar-refractivity contribution in [2.75, 3.05) is 6.61 Å². The first-order valence-electron chi connectivity index (χ1n) is 5.90. The highest BCUT2D eigenvalue weighted by molar-refractivity contribution is 8.26. The molecule has 110 valence electrons. The standard InChI is InChI=1S/C13H10Cl2N2O2S2/c1-2-19-7-11-12(18)17(13(20)21-11)16-6-8-3-4-9(14)5-10(8)15/h3-7H,2H2,1H3/b11-7+,16-6+. The Hall–Kier alpha value is -1.08. The molecule has 21 heavy (non-hydrogen) atoms. The molecule has 1 fully saturated rings. The zero-order valence-corrected chi connectivity index (χ0v) is 14.0. The summed E-state index contributed by atoms with van der Waals surface area (Å²) in [6.07, 6.45) is 2.86. The minimum Gasteiger partial charge on any atom is -0.500 e. The third-order valence-electron chi connectivity index (χ3n) is 2.41. The Kier molecular flexibility index (Phi) is 5.64. The van der Waals surface area contributed by atoms with Gasteiger partial charge in [0.2, 0.25) is 0 Å². The second-order valence-corrected chi connectivity index (χ2v) is 6.35. The molecule has 1 aromatic rings. The van der Waals surface area contributed by atoms with Crippen LogP contribution >= 0.6 is 47.2 Å². The van der Waals surface area contributed by atoms with Crippen LogP contribution in [0.25, 0.3) is 0 Å². The zero-order chi connectivity index (χ0) is 15.4. The first-order chi connectivity index (χ1) is 10.0. The molecule has 1 aliphatic heterocycles. The molecule has 8 heteroatoms. The van der Waals surface area contributed by atoms with Gasteiger partial charge < -0.3 is 4.74 Å². The van der Waals surface area contributed by atoms with Crippen LogP contribution in [0.5, 0.6) is 0 Å². The van der Waals surface area contributed by atoms with Crippen LogP contribution in [0.2, 0.25) is 10.0 Å². The molecule has 4 nitrogen and oxygen atoms in total. The van der Waals surface area contributed by atoms with Crippen molar-refractivity contribution in [3.63, 3.8) is 0 Å². The Morgan fingerprint density at radius 3 is 2.90 bits per heavy atom. The predicted octanol–water partition coefficient (Wildman–Crippen LogP) is 4.07. The highest BCUT2D eigenvalue weighted by Crippen LogP contribution is 2.31. The molecule has 0 bridgehead atoms. The van der Waals surface area contributed by atoms with Gasteiger partial charge in [0.05, 0.1) is 17.8 Å². The minimum atomic E-state index is -0.320. The van der Waals surface area contributed by atoms with E-state index < -0.39 is 0 Å². The van der Waals surface area contributed by atoms with Crippen LogP contribution in [0.1, 0.15) is 12.5 Å². The Balaban J connectivity index is 2.17. The topological polar surface area (TPSA) is 41.9 Å². The fraction of sp³-hybridized carbons (Fsp3) is 0.154. The number of thioether (sulfide) groups is 1. The molecule has 0 radical (unpaired) electrons. The Bertz CT molecular complexity index is 647. The maximum absolute atomic E-state index is 12.1. The van der Waals surface area contributed by atoms with Crippen molar-refractivity contribution >= 4 is 63.6 Å². The minimum absolute atomic E-state index is 0.320. The molecule has 0 spiro atoms. The molecule has 0 atom stereocenters. The van der Waals surface area contributed by atoms with Crippen LogP contribution in [-0.2, 0) is 9.53 Å². The summed E-state index contributed by atoms with van der Waals surface area (Å²) in [6, 6.07) is 5.00. The maximum atomic E-state index is 12.1. The van der Waals surface area contributed by atoms with E-state index in [2.05, 4.69) is 5.10 Å². The van der Waals surface area contributed by atoms with E-state index in [0.717, 1.165) is 16.8 Å². The van der Waals surface area contributed by atoms with E-state index in [4.69, 9.17) is 40.2 Å². The quantitative estimate of drug-likeness (QED) is 0.351. The number of halogens is 2. The molecular formula is C13H10Cl2N2O2S2. The second-order valence-electron chi connectivity index (χ2n) is 3.83. The van der Waals surface area contributed by atoms with Gasteiger partial charge in [-0.15, -0.1) is 0 Å². The summed E-state index contributed by atoms with van der Waals surface area (Å²) in [6.45, 7) is 2.31. The number of amides is 1. The summed E-state index contributed by atoms with van der Waals surface area (Å²) in [4.78, 5) is 12.5. The molecule has 2 rings (SSSR count). The number of hydrazone groups is 1. The Labute approximate surface area is 141 Å². The van der Waals surface area contributed by atoms with Crippen LogP contribution in [0.4, 0.5) is 0 Å². The molecular weight excluding hydrogens is 351 g/mol. The van der Waals surface area contributed by atoms with E-state index in [-0.39, 0.29) is 5.91 Å². The van der Waals surface area contributed by atoms with Crippen molar-refractivity contribution in [1.29, 1.82) is 0 Å². The van der Waals surface area contributed by atoms with Gasteiger partial charge in [-0.1, -0.05) is 29.3 Å². The van der Waals surface area contributed by atoms with Crippen molar-refractivity contribution in [1.82, 2.24) is 5.01 Å². The first-order valence-corrected chi connectivity index (χ1v) is 7.88. The van der Waals surface area contributed by atoms with Crippen LogP contribution in [-0.4, -0.2) is 28.1 Å². The lowest BCUT2D eigenvalue weighted by molar-refractivity contribution is -0.122. The molecule has 1 saturated heterocycles. The molecule has 0 saturated carbocycles. The number of nitrogens with zero attached hydrogens (tertiary/aromatic N) is 2. The van der Waals surface area contributed by atoms with Crippen LogP contribution in [0.15, 0.2) is 34.5 Å². The van der Waals surface area contributed by atoms with Gasteiger partial charge in [-0.2, -0.15) is 10.1 Å². The van der Waals surface area contributed by atoms with Crippen LogP contribution in [0.3, 0.4) is 0 Å². The van der Waals surface area contributed by atoms with Gasteiger partial charge in [0.15, 0.2) is 4.32 Å². The largest absolute Gasteiger partial charge is 0.500 e. The smallest absolute Gasteiger partial charge is 0.290 e. The highest BCUT2D eigenvalue weighted by Gasteiger charge is 2.32. The van der Waals surface area contributed by atoms with Crippen molar-refractivity contribution in [2.45, 2.75) is 6.92 Å². The molecule has 1 aliphatic rings. The maximum Gasteiger partial charge on any atom is 0.290 e. The van der Waals surface area contributed by atoms with Gasteiger partial charge in [0.1, 0.15) is 11.2 Å². The second kappa shape index (κ2) is 7.26. The van der Waals surface area contributed by atoms with E-state index in [1.807, 2.05) is 6.92 Å². The Morgan fingerprint density at radius 1 is 1.48 bits per heavy atom. The van der Waals surface area contributed by atoms with Crippen molar-refractivity contribution in [3.8, 4) is 0 Å². The monoisotopic (exact) mass is 360 g/mol. The summed E-state index contributed by atoms with van der Waals surface area (Å²) >= 11 is 18.1. The SMILES string of the molecule is CCO/C=C1/SC(=S)N(/N=C/c2ccc(Cl)cc2Cl)C1=O. The average Bonchev–Trinajstić information content (AvgIpc) is 2.71. The summed E-state index contributed by atoms with van der Waals surface area (Å²) in [5.74, 6) is -0.320. The predicted molar refractivity (Wildman–Crippen MR) is 90.8 cm³/mol. The van der Waals surface area contributed by atoms with E-state index in [0.29, 0.717) is 31.4 Å². The lowest BCUT2D eigenvalue weighted by atomic mass is 10.2. The molecule has 1 heterocycles. The van der Waals surface area contributed by atoms with E-state index in [9.17, 15) is 4.79 Å². The highest BCUT2D eigenvalue weighted by atomic mass is 35.5. The summed E-state index contributed by atoms with van der Waals surface area (Å²) in [5.41, 5.74) is 0.643. The van der Waals surface area contributed by atoms with Crippen molar-refractivity contribution in [2.24, 2.45) is 5.10 Å². The summed E-state index contributed by atoms with van der Waals surface area (Å²) < 4.78 is 5.44. The fourth-order valence-corrected chi connectivity index (χ4v) is 2.98. The number of benzene rings is 1. The molecule has 1 amide bonds. The number of rotatable bonds is 4. The normalized spacial score (nSPS) is 17.3. The zero-order valence-electron chi connectivity index (χ0n) is 10.9. The number of hydrogen-bond acceptors (Lipinski definition) is 5. The van der Waals surface area contributed by atoms with Gasteiger partial charge in [0.25, 0.3) is 5.91 Å². The summed E-state index contributed by atoms with van der Waals surface area (Å²) in [5, 5.41) is 6.19. The van der Waals surface area contributed by atoms with Gasteiger partial charge in [-0.3, -0.25) is 4.79 Å². The van der Waals surface area contributed by atoms with Crippen molar-refractivity contribution < 1.29 is 9.53 Å². The fourth-order valence-electron chi connectivity index (χ4n) is 1.43.